The Labute approximate surface area is 163 Å². The van der Waals surface area contributed by atoms with Crippen LogP contribution in [0.4, 0.5) is 5.69 Å². The Bertz CT molecular complexity index is 722. The summed E-state index contributed by atoms with van der Waals surface area (Å²) in [5.74, 6) is -0.304. The second-order valence-electron chi connectivity index (χ2n) is 8.57. The number of hydrogen-bond acceptors (Lipinski definition) is 3. The number of anilines is 1. The Balaban J connectivity index is 3.18. The van der Waals surface area contributed by atoms with E-state index in [2.05, 4.69) is 26.1 Å². The summed E-state index contributed by atoms with van der Waals surface area (Å²) in [6.45, 7) is 12.0. The second-order valence-corrected chi connectivity index (χ2v) is 10.9. The molecule has 0 aromatic heterocycles. The van der Waals surface area contributed by atoms with Crippen molar-refractivity contribution in [1.82, 2.24) is 5.32 Å². The highest BCUT2D eigenvalue weighted by atomic mass is 35.5. The average Bonchev–Trinajstić information content (AvgIpc) is 2.41. The second kappa shape index (κ2) is 8.17. The molecular weight excluding hydrogens is 372 g/mol. The van der Waals surface area contributed by atoms with Crippen LogP contribution in [0.2, 0.25) is 5.02 Å². The summed E-state index contributed by atoms with van der Waals surface area (Å²) in [6, 6.07) is 5.62. The molecule has 1 rings (SSSR count). The first kappa shape index (κ1) is 22.8. The molecule has 0 aliphatic heterocycles. The zero-order valence-corrected chi connectivity index (χ0v) is 18.3. The van der Waals surface area contributed by atoms with Crippen LogP contribution in [0, 0.1) is 5.41 Å². The molecule has 0 fully saturated rings. The van der Waals surface area contributed by atoms with Gasteiger partial charge in [0, 0.05) is 10.6 Å². The first-order chi connectivity index (χ1) is 11.7. The molecule has 26 heavy (non-hydrogen) atoms. The van der Waals surface area contributed by atoms with E-state index in [1.807, 2.05) is 13.8 Å². The fourth-order valence-electron chi connectivity index (χ4n) is 3.44. The number of nitrogens with zero attached hydrogens (tertiary/aromatic N) is 1. The van der Waals surface area contributed by atoms with Gasteiger partial charge in [-0.1, -0.05) is 39.3 Å². The molecule has 0 spiro atoms. The van der Waals surface area contributed by atoms with Gasteiger partial charge in [-0.05, 0) is 56.4 Å². The smallest absolute Gasteiger partial charge is 0.244 e. The number of hydrogen-bond donors (Lipinski definition) is 1. The third kappa shape index (κ3) is 6.80. The summed E-state index contributed by atoms with van der Waals surface area (Å²) in [7, 11) is -3.65. The van der Waals surface area contributed by atoms with Gasteiger partial charge < -0.3 is 5.32 Å². The van der Waals surface area contributed by atoms with Gasteiger partial charge in [-0.2, -0.15) is 0 Å². The number of halogens is 1. The lowest BCUT2D eigenvalue weighted by Gasteiger charge is -2.36. The van der Waals surface area contributed by atoms with Crippen LogP contribution in [-0.2, 0) is 14.8 Å². The van der Waals surface area contributed by atoms with Gasteiger partial charge in [-0.15, -0.1) is 0 Å². The number of carbonyl (C=O) groups excluding carboxylic acids is 1. The lowest BCUT2D eigenvalue weighted by molar-refractivity contribution is -0.124. The van der Waals surface area contributed by atoms with Crippen LogP contribution in [0.5, 0.6) is 0 Å². The summed E-state index contributed by atoms with van der Waals surface area (Å²) in [4.78, 5) is 13.0. The van der Waals surface area contributed by atoms with Crippen molar-refractivity contribution in [2.24, 2.45) is 5.41 Å². The first-order valence-corrected chi connectivity index (χ1v) is 11.0. The predicted octanol–water partition coefficient (Wildman–Crippen LogP) is 4.22. The van der Waals surface area contributed by atoms with Gasteiger partial charge in [0.05, 0.1) is 11.9 Å². The van der Waals surface area contributed by atoms with E-state index in [1.54, 1.807) is 31.2 Å². The fourth-order valence-corrected chi connectivity index (χ4v) is 4.77. The molecule has 0 heterocycles. The lowest BCUT2D eigenvalue weighted by atomic mass is 9.81. The molecule has 0 radical (unpaired) electrons. The highest BCUT2D eigenvalue weighted by Gasteiger charge is 2.35. The van der Waals surface area contributed by atoms with Gasteiger partial charge in [0.15, 0.2) is 0 Å². The lowest BCUT2D eigenvalue weighted by Crippen LogP contribution is -2.55. The number of sulfonamides is 1. The molecule has 0 aliphatic carbocycles. The monoisotopic (exact) mass is 402 g/mol. The van der Waals surface area contributed by atoms with Gasteiger partial charge in [-0.25, -0.2) is 8.42 Å². The molecule has 0 saturated heterocycles. The van der Waals surface area contributed by atoms with Gasteiger partial charge in [-0.3, -0.25) is 9.10 Å². The molecule has 1 aromatic rings. The van der Waals surface area contributed by atoms with Crippen molar-refractivity contribution < 1.29 is 13.2 Å². The van der Waals surface area contributed by atoms with E-state index in [1.165, 1.54) is 4.31 Å². The topological polar surface area (TPSA) is 66.5 Å². The minimum atomic E-state index is -3.65. The molecule has 1 atom stereocenters. The average molecular weight is 403 g/mol. The Morgan fingerprint density at radius 3 is 2.04 bits per heavy atom. The maximum absolute atomic E-state index is 13.0. The summed E-state index contributed by atoms with van der Waals surface area (Å²) in [5.41, 5.74) is 0.00411. The standard InChI is InChI=1S/C19H31ClN2O3S/c1-8-16(17(23)21-19(5,6)13-18(2,3)4)22(26(7,24)25)15-11-9-14(20)10-12-15/h9-12,16H,8,13H2,1-7H3,(H,21,23). The predicted molar refractivity (Wildman–Crippen MR) is 109 cm³/mol. The summed E-state index contributed by atoms with van der Waals surface area (Å²) in [5, 5.41) is 3.53. The Kier molecular flexibility index (Phi) is 7.16. The highest BCUT2D eigenvalue weighted by Crippen LogP contribution is 2.28. The van der Waals surface area contributed by atoms with E-state index in [0.29, 0.717) is 17.1 Å². The normalized spacial score (nSPS) is 14.0. The Morgan fingerprint density at radius 2 is 1.65 bits per heavy atom. The van der Waals surface area contributed by atoms with Crippen molar-refractivity contribution in [3.05, 3.63) is 29.3 Å². The first-order valence-electron chi connectivity index (χ1n) is 8.73. The molecule has 5 nitrogen and oxygen atoms in total. The van der Waals surface area contributed by atoms with Gasteiger partial charge >= 0.3 is 0 Å². The van der Waals surface area contributed by atoms with Crippen LogP contribution in [0.3, 0.4) is 0 Å². The molecule has 0 bridgehead atoms. The zero-order valence-electron chi connectivity index (χ0n) is 16.8. The molecule has 1 aromatic carbocycles. The van der Waals surface area contributed by atoms with Crippen LogP contribution in [0.15, 0.2) is 24.3 Å². The van der Waals surface area contributed by atoms with Crippen molar-refractivity contribution >= 4 is 33.2 Å². The molecule has 7 heteroatoms. The van der Waals surface area contributed by atoms with E-state index >= 15 is 0 Å². The van der Waals surface area contributed by atoms with Crippen LogP contribution in [-0.4, -0.2) is 32.2 Å². The summed E-state index contributed by atoms with van der Waals surface area (Å²) < 4.78 is 26.0. The molecule has 0 aliphatic rings. The van der Waals surface area contributed by atoms with Crippen molar-refractivity contribution in [2.75, 3.05) is 10.6 Å². The molecular formula is C19H31ClN2O3S. The van der Waals surface area contributed by atoms with Crippen molar-refractivity contribution in [1.29, 1.82) is 0 Å². The van der Waals surface area contributed by atoms with Crippen molar-refractivity contribution in [3.63, 3.8) is 0 Å². The quantitative estimate of drug-likeness (QED) is 0.742. The van der Waals surface area contributed by atoms with E-state index in [-0.39, 0.29) is 11.3 Å². The number of rotatable bonds is 7. The molecule has 1 amide bonds. The van der Waals surface area contributed by atoms with E-state index in [9.17, 15) is 13.2 Å². The van der Waals surface area contributed by atoms with Crippen LogP contribution in [0.1, 0.15) is 54.4 Å². The van der Waals surface area contributed by atoms with Crippen LogP contribution >= 0.6 is 11.6 Å². The molecule has 148 valence electrons. The summed E-state index contributed by atoms with van der Waals surface area (Å²) >= 11 is 5.91. The maximum atomic E-state index is 13.0. The molecule has 1 N–H and O–H groups in total. The van der Waals surface area contributed by atoms with Crippen molar-refractivity contribution in [3.8, 4) is 0 Å². The molecule has 1 unspecified atom stereocenters. The van der Waals surface area contributed by atoms with E-state index in [0.717, 1.165) is 12.7 Å². The number of nitrogens with one attached hydrogen (secondary N) is 1. The highest BCUT2D eigenvalue weighted by molar-refractivity contribution is 7.92. The van der Waals surface area contributed by atoms with Gasteiger partial charge in [0.1, 0.15) is 6.04 Å². The van der Waals surface area contributed by atoms with E-state index < -0.39 is 21.6 Å². The third-order valence-corrected chi connectivity index (χ3v) is 5.28. The number of benzene rings is 1. The van der Waals surface area contributed by atoms with Crippen LogP contribution in [0.25, 0.3) is 0 Å². The van der Waals surface area contributed by atoms with E-state index in [4.69, 9.17) is 11.6 Å². The largest absolute Gasteiger partial charge is 0.349 e. The van der Waals surface area contributed by atoms with Gasteiger partial charge in [0.2, 0.25) is 15.9 Å². The van der Waals surface area contributed by atoms with Crippen LogP contribution < -0.4 is 9.62 Å². The summed E-state index contributed by atoms with van der Waals surface area (Å²) in [6.07, 6.45) is 2.23. The third-order valence-electron chi connectivity index (χ3n) is 3.84. The minimum absolute atomic E-state index is 0.0329. The van der Waals surface area contributed by atoms with Crippen molar-refractivity contribution in [2.45, 2.75) is 66.0 Å². The zero-order chi connectivity index (χ0) is 20.3. The molecule has 0 saturated carbocycles. The number of amides is 1. The number of carbonyl (C=O) groups is 1. The SMILES string of the molecule is CCC(C(=O)NC(C)(C)CC(C)(C)C)N(c1ccc(Cl)cc1)S(C)(=O)=O. The minimum Gasteiger partial charge on any atom is -0.349 e. The Morgan fingerprint density at radius 1 is 1.15 bits per heavy atom. The fraction of sp³-hybridized carbons (Fsp3) is 0.632. The Hall–Kier alpha value is -1.27. The maximum Gasteiger partial charge on any atom is 0.244 e. The van der Waals surface area contributed by atoms with Gasteiger partial charge in [0.25, 0.3) is 0 Å².